The van der Waals surface area contributed by atoms with Gasteiger partial charge in [0.15, 0.2) is 0 Å². The third-order valence-electron chi connectivity index (χ3n) is 5.98. The Kier molecular flexibility index (Phi) is 6.61. The van der Waals surface area contributed by atoms with Crippen LogP contribution < -0.4 is 10.2 Å². The lowest BCUT2D eigenvalue weighted by Crippen LogP contribution is -2.30. The van der Waals surface area contributed by atoms with Crippen molar-refractivity contribution in [3.8, 4) is 0 Å². The van der Waals surface area contributed by atoms with Crippen molar-refractivity contribution >= 4 is 33.5 Å². The molecular weight excluding hydrogens is 445 g/mol. The van der Waals surface area contributed by atoms with E-state index in [2.05, 4.69) is 35.5 Å². The Morgan fingerprint density at radius 2 is 1.82 bits per heavy atom. The van der Waals surface area contributed by atoms with Crippen molar-refractivity contribution in [2.75, 3.05) is 23.3 Å². The summed E-state index contributed by atoms with van der Waals surface area (Å²) in [4.78, 5) is 14.9. The van der Waals surface area contributed by atoms with Crippen molar-refractivity contribution in [3.05, 3.63) is 87.8 Å². The number of nitrogens with one attached hydrogen (secondary N) is 1. The van der Waals surface area contributed by atoms with Gasteiger partial charge in [0.1, 0.15) is 0 Å². The molecule has 3 nitrogen and oxygen atoms in total. The first-order valence-corrected chi connectivity index (χ1v) is 11.7. The van der Waals surface area contributed by atoms with Crippen LogP contribution in [-0.4, -0.2) is 19.0 Å². The number of anilines is 2. The van der Waals surface area contributed by atoms with E-state index in [1.54, 1.807) is 23.5 Å². The molecule has 172 valence electrons. The number of thiophene rings is 1. The van der Waals surface area contributed by atoms with E-state index in [1.165, 1.54) is 39.9 Å². The molecule has 2 heterocycles. The summed E-state index contributed by atoms with van der Waals surface area (Å²) in [6.45, 7) is 6.10. The number of carbonyl (C=O) groups is 1. The van der Waals surface area contributed by atoms with Gasteiger partial charge in [0, 0.05) is 18.8 Å². The maximum Gasteiger partial charge on any atom is 0.417 e. The van der Waals surface area contributed by atoms with Crippen LogP contribution >= 0.6 is 11.3 Å². The maximum absolute atomic E-state index is 13.2. The number of hydrogen-bond donors (Lipinski definition) is 1. The minimum absolute atomic E-state index is 0.391. The first kappa shape index (κ1) is 23.1. The molecule has 0 atom stereocenters. The van der Waals surface area contributed by atoms with Crippen molar-refractivity contribution in [1.82, 2.24) is 0 Å². The zero-order chi connectivity index (χ0) is 23.6. The molecule has 4 rings (SSSR count). The molecule has 0 unspecified atom stereocenters. The Morgan fingerprint density at radius 1 is 1.09 bits per heavy atom. The highest BCUT2D eigenvalue weighted by Gasteiger charge is 2.34. The molecule has 1 aliphatic rings. The minimum Gasteiger partial charge on any atom is -0.359 e. The summed E-state index contributed by atoms with van der Waals surface area (Å²) in [5, 5.41) is 6.04. The van der Waals surface area contributed by atoms with Crippen LogP contribution in [0.3, 0.4) is 0 Å². The summed E-state index contributed by atoms with van der Waals surface area (Å²) < 4.78 is 39.7. The molecule has 1 aliphatic heterocycles. The molecule has 1 N–H and O–H groups in total. The number of aryl methyl sites for hydroxylation is 1. The molecule has 0 radical (unpaired) electrons. The zero-order valence-electron chi connectivity index (χ0n) is 18.5. The average molecular weight is 471 g/mol. The average Bonchev–Trinajstić information content (AvgIpc) is 3.28. The second-order valence-corrected chi connectivity index (χ2v) is 9.00. The highest BCUT2D eigenvalue weighted by atomic mass is 32.1. The van der Waals surface area contributed by atoms with Crippen LogP contribution in [0.4, 0.5) is 23.9 Å². The smallest absolute Gasteiger partial charge is 0.359 e. The van der Waals surface area contributed by atoms with Gasteiger partial charge in [0.2, 0.25) is 0 Å². The SMILES string of the molecule is CCc1ccsc1N1CCC(C)=C(c2ccc(NC(=O)c3ccccc3C(F)(F)F)cc2)C1. The van der Waals surface area contributed by atoms with Gasteiger partial charge in [0.25, 0.3) is 5.91 Å². The van der Waals surface area contributed by atoms with Crippen LogP contribution in [0, 0.1) is 0 Å². The molecular formula is C26H25F3N2OS. The summed E-state index contributed by atoms with van der Waals surface area (Å²) in [5.74, 6) is -0.778. The molecule has 0 aliphatic carbocycles. The summed E-state index contributed by atoms with van der Waals surface area (Å²) in [7, 11) is 0. The summed E-state index contributed by atoms with van der Waals surface area (Å²) in [5.41, 5.74) is 4.11. The fourth-order valence-corrected chi connectivity index (χ4v) is 5.16. The normalized spacial score (nSPS) is 14.5. The molecule has 0 fully saturated rings. The minimum atomic E-state index is -4.59. The molecule has 33 heavy (non-hydrogen) atoms. The molecule has 3 aromatic rings. The molecule has 7 heteroatoms. The molecule has 1 amide bonds. The van der Waals surface area contributed by atoms with E-state index in [9.17, 15) is 18.0 Å². The molecule has 0 spiro atoms. The quantitative estimate of drug-likeness (QED) is 0.425. The second kappa shape index (κ2) is 9.43. The monoisotopic (exact) mass is 470 g/mol. The van der Waals surface area contributed by atoms with E-state index in [1.807, 2.05) is 12.1 Å². The van der Waals surface area contributed by atoms with Crippen LogP contribution in [0.2, 0.25) is 0 Å². The first-order valence-electron chi connectivity index (χ1n) is 10.9. The molecule has 2 aromatic carbocycles. The Hall–Kier alpha value is -3.06. The zero-order valence-corrected chi connectivity index (χ0v) is 19.3. The lowest BCUT2D eigenvalue weighted by Gasteiger charge is -2.32. The predicted octanol–water partition coefficient (Wildman–Crippen LogP) is 7.27. The number of halogens is 3. The van der Waals surface area contributed by atoms with E-state index in [0.29, 0.717) is 5.69 Å². The van der Waals surface area contributed by atoms with Crippen LogP contribution in [0.25, 0.3) is 5.57 Å². The van der Waals surface area contributed by atoms with Gasteiger partial charge in [0.05, 0.1) is 16.1 Å². The number of rotatable bonds is 5. The Bertz CT molecular complexity index is 1180. The number of nitrogens with zero attached hydrogens (tertiary/aromatic N) is 1. The van der Waals surface area contributed by atoms with E-state index >= 15 is 0 Å². The van der Waals surface area contributed by atoms with Gasteiger partial charge in [-0.1, -0.05) is 36.8 Å². The van der Waals surface area contributed by atoms with Gasteiger partial charge in [-0.3, -0.25) is 4.79 Å². The van der Waals surface area contributed by atoms with E-state index in [4.69, 9.17) is 0 Å². The Morgan fingerprint density at radius 3 is 2.52 bits per heavy atom. The third-order valence-corrected chi connectivity index (χ3v) is 7.00. The number of benzene rings is 2. The fourth-order valence-electron chi connectivity index (χ4n) is 4.13. The van der Waals surface area contributed by atoms with E-state index in [0.717, 1.165) is 37.6 Å². The van der Waals surface area contributed by atoms with Crippen LogP contribution in [0.15, 0.2) is 65.6 Å². The van der Waals surface area contributed by atoms with E-state index < -0.39 is 23.2 Å². The number of amides is 1. The number of hydrogen-bond acceptors (Lipinski definition) is 3. The summed E-state index contributed by atoms with van der Waals surface area (Å²) in [6.07, 6.45) is -2.61. The second-order valence-electron chi connectivity index (χ2n) is 8.11. The lowest BCUT2D eigenvalue weighted by molar-refractivity contribution is -0.137. The van der Waals surface area contributed by atoms with Crippen LogP contribution in [0.5, 0.6) is 0 Å². The largest absolute Gasteiger partial charge is 0.417 e. The maximum atomic E-state index is 13.2. The van der Waals surface area contributed by atoms with E-state index in [-0.39, 0.29) is 0 Å². The molecule has 0 saturated heterocycles. The van der Waals surface area contributed by atoms with Gasteiger partial charge in [-0.15, -0.1) is 11.3 Å². The third kappa shape index (κ3) is 4.98. The number of carbonyl (C=O) groups excluding carboxylic acids is 1. The van der Waals surface area contributed by atoms with Crippen molar-refractivity contribution in [2.24, 2.45) is 0 Å². The highest BCUT2D eigenvalue weighted by Crippen LogP contribution is 2.35. The van der Waals surface area contributed by atoms with Crippen molar-refractivity contribution < 1.29 is 18.0 Å². The highest BCUT2D eigenvalue weighted by molar-refractivity contribution is 7.14. The van der Waals surface area contributed by atoms with Gasteiger partial charge in [-0.25, -0.2) is 0 Å². The standard InChI is InChI=1S/C26H25F3N2OS/c1-3-18-13-15-33-25(18)31-14-12-17(2)22(16-31)19-8-10-20(11-9-19)30-24(32)21-6-4-5-7-23(21)26(27,28)29/h4-11,13,15H,3,12,14,16H2,1-2H3,(H,30,32). The lowest BCUT2D eigenvalue weighted by atomic mass is 9.94. The van der Waals surface area contributed by atoms with Gasteiger partial charge >= 0.3 is 6.18 Å². The van der Waals surface area contributed by atoms with Crippen LogP contribution in [0.1, 0.15) is 47.3 Å². The van der Waals surface area contributed by atoms with Gasteiger partial charge in [-0.05, 0) is 72.2 Å². The Labute approximate surface area is 195 Å². The van der Waals surface area contributed by atoms with Gasteiger partial charge in [-0.2, -0.15) is 13.2 Å². The number of alkyl halides is 3. The molecule has 0 bridgehead atoms. The molecule has 1 aromatic heterocycles. The summed E-state index contributed by atoms with van der Waals surface area (Å²) >= 11 is 1.76. The first-order chi connectivity index (χ1) is 15.8. The van der Waals surface area contributed by atoms with Crippen molar-refractivity contribution in [3.63, 3.8) is 0 Å². The summed E-state index contributed by atoms with van der Waals surface area (Å²) in [6, 6.07) is 14.3. The Balaban J connectivity index is 1.51. The van der Waals surface area contributed by atoms with Gasteiger partial charge < -0.3 is 10.2 Å². The van der Waals surface area contributed by atoms with Crippen molar-refractivity contribution in [1.29, 1.82) is 0 Å². The molecule has 0 saturated carbocycles. The van der Waals surface area contributed by atoms with Crippen LogP contribution in [-0.2, 0) is 12.6 Å². The topological polar surface area (TPSA) is 32.3 Å². The van der Waals surface area contributed by atoms with Crippen molar-refractivity contribution in [2.45, 2.75) is 32.9 Å². The fraction of sp³-hybridized carbons (Fsp3) is 0.269. The predicted molar refractivity (Wildman–Crippen MR) is 129 cm³/mol.